The molecular formula is C51H99N3O. The van der Waals surface area contributed by atoms with Crippen molar-refractivity contribution in [2.75, 3.05) is 0 Å². The number of aliphatic hydroxyl groups excluding tert-OH is 1. The third kappa shape index (κ3) is 17.6. The molecule has 7 aliphatic carbocycles. The van der Waals surface area contributed by atoms with Crippen molar-refractivity contribution in [1.29, 1.82) is 5.26 Å². The molecule has 0 aliphatic heterocycles. The van der Waals surface area contributed by atoms with Crippen molar-refractivity contribution >= 4 is 0 Å². The van der Waals surface area contributed by atoms with Crippen LogP contribution in [0.4, 0.5) is 0 Å². The van der Waals surface area contributed by atoms with Crippen LogP contribution in [0.2, 0.25) is 0 Å². The highest BCUT2D eigenvalue weighted by molar-refractivity contribution is 4.99. The summed E-state index contributed by atoms with van der Waals surface area (Å²) in [6.07, 6.45) is 27.6. The third-order valence-electron chi connectivity index (χ3n) is 15.9. The SMILES string of the molecule is CC(C)C1C2CCC(C2)C1N.CC(C)C1CC(O)C1.CC(C)C1CCC1C#N.CC(C)C1CCCC1.CC(C)C1CCCCC1.CC(C)C1CCCCC1N. The van der Waals surface area contributed by atoms with Crippen LogP contribution in [0.25, 0.3) is 0 Å². The summed E-state index contributed by atoms with van der Waals surface area (Å²) >= 11 is 0. The number of hydrogen-bond donors (Lipinski definition) is 3. The standard InChI is InChI=1S/C10H19N.C9H19N.C9H18.C8H13N.C8H16.C7H14O/c1-6(2)9-7-3-4-8(5-7)10(9)11;1-7(2)8-5-3-4-6-9(8)10;1-8(2)9-6-4-3-5-7-9;1-6(2)8-4-3-7(8)5-9;1-7(2)8-5-3-4-6-8;1-5(2)6-3-7(8)4-6/h6-10H,3-5,11H2,1-2H3;7-9H,3-6,10H2,1-2H3;8-9H,3-7H2,1-2H3;6-8H,3-4H2,1-2H3;7-8H,3-6H2,1-2H3;5-8H,3-4H2,1-2H3. The summed E-state index contributed by atoms with van der Waals surface area (Å²) in [7, 11) is 0. The first kappa shape index (κ1) is 50.5. The first-order valence-corrected chi connectivity index (χ1v) is 24.6. The topological polar surface area (TPSA) is 96.1 Å². The monoisotopic (exact) mass is 770 g/mol. The summed E-state index contributed by atoms with van der Waals surface area (Å²) < 4.78 is 0. The van der Waals surface area contributed by atoms with Gasteiger partial charge in [-0.25, -0.2) is 0 Å². The Morgan fingerprint density at radius 3 is 1.16 bits per heavy atom. The second-order valence-electron chi connectivity index (χ2n) is 21.9. The Bertz CT molecular complexity index is 994. The van der Waals surface area contributed by atoms with Crippen LogP contribution in [0.1, 0.15) is 212 Å². The highest BCUT2D eigenvalue weighted by Gasteiger charge is 2.46. The van der Waals surface area contributed by atoms with Gasteiger partial charge in [-0.15, -0.1) is 0 Å². The van der Waals surface area contributed by atoms with Gasteiger partial charge in [0.1, 0.15) is 0 Å². The zero-order valence-electron chi connectivity index (χ0n) is 39.1. The molecule has 324 valence electrons. The molecule has 0 radical (unpaired) electrons. The lowest BCUT2D eigenvalue weighted by molar-refractivity contribution is 0.0218. The van der Waals surface area contributed by atoms with E-state index < -0.39 is 0 Å². The molecule has 8 unspecified atom stereocenters. The molecule has 0 amide bonds. The van der Waals surface area contributed by atoms with E-state index in [4.69, 9.17) is 21.8 Å². The van der Waals surface area contributed by atoms with Gasteiger partial charge in [0.25, 0.3) is 0 Å². The van der Waals surface area contributed by atoms with Crippen molar-refractivity contribution in [2.45, 2.75) is 230 Å². The van der Waals surface area contributed by atoms with E-state index >= 15 is 0 Å². The molecule has 2 bridgehead atoms. The van der Waals surface area contributed by atoms with Gasteiger partial charge in [-0.3, -0.25) is 0 Å². The van der Waals surface area contributed by atoms with E-state index in [1.165, 1.54) is 109 Å². The minimum absolute atomic E-state index is 0.0300. The zero-order chi connectivity index (χ0) is 41.2. The Morgan fingerprint density at radius 2 is 0.909 bits per heavy atom. The van der Waals surface area contributed by atoms with Gasteiger partial charge in [-0.05, 0) is 141 Å². The van der Waals surface area contributed by atoms with E-state index in [0.29, 0.717) is 29.8 Å². The van der Waals surface area contributed by atoms with Gasteiger partial charge in [0.05, 0.1) is 12.2 Å². The van der Waals surface area contributed by atoms with Crippen molar-refractivity contribution in [3.05, 3.63) is 0 Å². The summed E-state index contributed by atoms with van der Waals surface area (Å²) in [5, 5.41) is 17.4. The van der Waals surface area contributed by atoms with Gasteiger partial charge in [-0.2, -0.15) is 5.26 Å². The highest BCUT2D eigenvalue weighted by atomic mass is 16.3. The second-order valence-corrected chi connectivity index (χ2v) is 21.9. The van der Waals surface area contributed by atoms with Crippen molar-refractivity contribution < 1.29 is 5.11 Å². The molecule has 7 rings (SSSR count). The molecule has 7 aliphatic rings. The predicted octanol–water partition coefficient (Wildman–Crippen LogP) is 13.8. The van der Waals surface area contributed by atoms with Gasteiger partial charge < -0.3 is 16.6 Å². The molecule has 0 aromatic rings. The number of rotatable bonds is 6. The third-order valence-corrected chi connectivity index (χ3v) is 15.9. The minimum Gasteiger partial charge on any atom is -0.393 e. The molecule has 4 nitrogen and oxygen atoms in total. The molecular weight excluding hydrogens is 671 g/mol. The number of nitrogens with zero attached hydrogens (tertiary/aromatic N) is 1. The Morgan fingerprint density at radius 1 is 0.455 bits per heavy atom. The van der Waals surface area contributed by atoms with Crippen LogP contribution in [0.15, 0.2) is 0 Å². The summed E-state index contributed by atoms with van der Waals surface area (Å²) in [5.74, 6) is 12.5. The lowest BCUT2D eigenvalue weighted by atomic mass is 9.69. The average Bonchev–Trinajstić information content (AvgIpc) is 3.88. The van der Waals surface area contributed by atoms with Crippen molar-refractivity contribution in [3.8, 4) is 6.07 Å². The summed E-state index contributed by atoms with van der Waals surface area (Å²) in [4.78, 5) is 0. The van der Waals surface area contributed by atoms with Gasteiger partial charge in [0.2, 0.25) is 0 Å². The maximum Gasteiger partial charge on any atom is 0.0658 e. The summed E-state index contributed by atoms with van der Waals surface area (Å²) in [6, 6.07) is 3.36. The van der Waals surface area contributed by atoms with E-state index in [1.807, 2.05) is 0 Å². The molecule has 55 heavy (non-hydrogen) atoms. The van der Waals surface area contributed by atoms with Crippen LogP contribution >= 0.6 is 0 Å². The first-order valence-electron chi connectivity index (χ1n) is 24.6. The predicted molar refractivity (Wildman–Crippen MR) is 240 cm³/mol. The van der Waals surface area contributed by atoms with Crippen LogP contribution in [-0.4, -0.2) is 23.3 Å². The van der Waals surface area contributed by atoms with Gasteiger partial charge in [-0.1, -0.05) is 154 Å². The van der Waals surface area contributed by atoms with Crippen molar-refractivity contribution in [3.63, 3.8) is 0 Å². The summed E-state index contributed by atoms with van der Waals surface area (Å²) in [5.41, 5.74) is 12.1. The Balaban J connectivity index is 0.000000229. The Labute approximate surface area is 345 Å². The van der Waals surface area contributed by atoms with Gasteiger partial charge >= 0.3 is 0 Å². The van der Waals surface area contributed by atoms with Crippen LogP contribution in [0.5, 0.6) is 0 Å². The molecule has 7 fully saturated rings. The van der Waals surface area contributed by atoms with E-state index in [0.717, 1.165) is 90.3 Å². The number of aliphatic hydroxyl groups is 1. The molecule has 0 saturated heterocycles. The molecule has 7 saturated carbocycles. The van der Waals surface area contributed by atoms with E-state index in [1.54, 1.807) is 0 Å². The Hall–Kier alpha value is -0.630. The fourth-order valence-electron chi connectivity index (χ4n) is 11.5. The van der Waals surface area contributed by atoms with Crippen LogP contribution in [-0.2, 0) is 0 Å². The molecule has 0 aromatic heterocycles. The Kier molecular flexibility index (Phi) is 24.3. The van der Waals surface area contributed by atoms with Crippen LogP contribution in [0, 0.1) is 100 Å². The minimum atomic E-state index is 0.0300. The van der Waals surface area contributed by atoms with E-state index in [-0.39, 0.29) is 6.10 Å². The normalized spacial score (nSPS) is 34.2. The fraction of sp³-hybridized carbons (Fsp3) is 0.980. The quantitative estimate of drug-likeness (QED) is 0.251. The fourth-order valence-corrected chi connectivity index (χ4v) is 11.5. The van der Waals surface area contributed by atoms with E-state index in [9.17, 15) is 0 Å². The molecule has 4 heteroatoms. The molecule has 0 spiro atoms. The molecule has 8 atom stereocenters. The molecule has 0 heterocycles. The first-order chi connectivity index (χ1) is 26.0. The number of nitrogens with two attached hydrogens (primary N) is 2. The van der Waals surface area contributed by atoms with Gasteiger partial charge in [0.15, 0.2) is 0 Å². The highest BCUT2D eigenvalue weighted by Crippen LogP contribution is 2.50. The zero-order valence-corrected chi connectivity index (χ0v) is 39.1. The van der Waals surface area contributed by atoms with E-state index in [2.05, 4.69) is 89.2 Å². The number of hydrogen-bond acceptors (Lipinski definition) is 4. The smallest absolute Gasteiger partial charge is 0.0658 e. The largest absolute Gasteiger partial charge is 0.393 e. The average molecular weight is 770 g/mol. The molecule has 5 N–H and O–H groups in total. The second kappa shape index (κ2) is 26.5. The lowest BCUT2D eigenvalue weighted by Gasteiger charge is -2.34. The van der Waals surface area contributed by atoms with Gasteiger partial charge in [0, 0.05) is 18.0 Å². The van der Waals surface area contributed by atoms with Crippen LogP contribution in [0.3, 0.4) is 0 Å². The number of nitriles is 1. The maximum absolute atomic E-state index is 8.87. The van der Waals surface area contributed by atoms with Crippen molar-refractivity contribution in [1.82, 2.24) is 0 Å². The van der Waals surface area contributed by atoms with Crippen LogP contribution < -0.4 is 11.5 Å². The van der Waals surface area contributed by atoms with Crippen molar-refractivity contribution in [2.24, 2.45) is 100 Å². The lowest BCUT2D eigenvalue weighted by Crippen LogP contribution is -2.38. The summed E-state index contributed by atoms with van der Waals surface area (Å²) in [6.45, 7) is 27.5. The number of fused-ring (bicyclic) bond motifs is 2. The maximum atomic E-state index is 8.87. The molecule has 0 aromatic carbocycles.